The number of thioether (sulfide) groups is 1. The largest absolute Gasteiger partial charge is 0.468 e. The van der Waals surface area contributed by atoms with Gasteiger partial charge < -0.3 is 9.30 Å². The van der Waals surface area contributed by atoms with Gasteiger partial charge in [-0.1, -0.05) is 11.3 Å². The van der Waals surface area contributed by atoms with Gasteiger partial charge in [0.05, 0.1) is 23.1 Å². The number of nitrogens with zero attached hydrogens (tertiary/aromatic N) is 2. The van der Waals surface area contributed by atoms with Crippen LogP contribution in [-0.2, 0) is 20.9 Å². The maximum absolute atomic E-state index is 13.0. The molecule has 0 aliphatic carbocycles. The van der Waals surface area contributed by atoms with E-state index in [0.29, 0.717) is 4.80 Å². The Morgan fingerprint density at radius 2 is 1.86 bits per heavy atom. The van der Waals surface area contributed by atoms with Crippen molar-refractivity contribution in [2.45, 2.75) is 25.3 Å². The molecule has 3 rings (SSSR count). The molecule has 8 heteroatoms. The lowest BCUT2D eigenvalue weighted by atomic mass is 10.1. The number of esters is 1. The summed E-state index contributed by atoms with van der Waals surface area (Å²) in [6, 6.07) is 9.96. The highest BCUT2D eigenvalue weighted by molar-refractivity contribution is 8.00. The van der Waals surface area contributed by atoms with Crippen molar-refractivity contribution < 1.29 is 18.7 Å². The van der Waals surface area contributed by atoms with Gasteiger partial charge in [0.2, 0.25) is 0 Å². The Morgan fingerprint density at radius 1 is 1.18 bits per heavy atom. The normalized spacial score (nSPS) is 11.8. The first kappa shape index (κ1) is 20.3. The van der Waals surface area contributed by atoms with Gasteiger partial charge in [0.15, 0.2) is 4.80 Å². The Hall–Kier alpha value is -2.45. The van der Waals surface area contributed by atoms with Crippen LogP contribution >= 0.6 is 23.1 Å². The highest BCUT2D eigenvalue weighted by atomic mass is 32.2. The third-order valence-corrected chi connectivity index (χ3v) is 6.25. The number of hydrogen-bond acceptors (Lipinski definition) is 5. The first-order chi connectivity index (χ1) is 13.4. The number of carbonyl (C=O) groups is 2. The number of benzene rings is 2. The van der Waals surface area contributed by atoms with Crippen LogP contribution in [-0.4, -0.2) is 29.3 Å². The molecule has 0 unspecified atom stereocenters. The van der Waals surface area contributed by atoms with Crippen LogP contribution in [0.1, 0.15) is 11.1 Å². The fraction of sp³-hybridized carbons (Fsp3) is 0.250. The average Bonchev–Trinajstić information content (AvgIpc) is 2.97. The third kappa shape index (κ3) is 4.69. The van der Waals surface area contributed by atoms with Crippen LogP contribution in [0.5, 0.6) is 0 Å². The van der Waals surface area contributed by atoms with Gasteiger partial charge in [-0.15, -0.1) is 11.8 Å². The molecule has 0 aliphatic heterocycles. The number of aryl methyl sites for hydroxylation is 2. The zero-order valence-electron chi connectivity index (χ0n) is 15.7. The van der Waals surface area contributed by atoms with E-state index in [4.69, 9.17) is 4.74 Å². The summed E-state index contributed by atoms with van der Waals surface area (Å²) in [5.41, 5.74) is 3.06. The summed E-state index contributed by atoms with van der Waals surface area (Å²) in [7, 11) is 1.33. The van der Waals surface area contributed by atoms with Crippen molar-refractivity contribution in [3.05, 3.63) is 58.1 Å². The summed E-state index contributed by atoms with van der Waals surface area (Å²) in [6.45, 7) is 3.99. The molecule has 146 valence electrons. The molecular formula is C20H19FN2O3S2. The van der Waals surface area contributed by atoms with Crippen LogP contribution in [0.25, 0.3) is 10.2 Å². The second-order valence-corrected chi connectivity index (χ2v) is 8.26. The SMILES string of the molecule is COC(=O)Cn1c(=NC(=O)CSc2ccc(F)cc2)sc2cc(C)c(C)cc21. The van der Waals surface area contributed by atoms with E-state index in [2.05, 4.69) is 4.99 Å². The minimum atomic E-state index is -0.410. The van der Waals surface area contributed by atoms with Gasteiger partial charge in [-0.05, 0) is 61.4 Å². The predicted octanol–water partition coefficient (Wildman–Crippen LogP) is 3.85. The fourth-order valence-corrected chi connectivity index (χ4v) is 4.38. The minimum absolute atomic E-state index is 0.0176. The molecule has 1 aromatic heterocycles. The predicted molar refractivity (Wildman–Crippen MR) is 109 cm³/mol. The monoisotopic (exact) mass is 418 g/mol. The van der Waals surface area contributed by atoms with Crippen LogP contribution in [0, 0.1) is 19.7 Å². The van der Waals surface area contributed by atoms with Gasteiger partial charge in [0.1, 0.15) is 12.4 Å². The third-order valence-electron chi connectivity index (χ3n) is 4.21. The van der Waals surface area contributed by atoms with E-state index in [0.717, 1.165) is 26.2 Å². The second-order valence-electron chi connectivity index (χ2n) is 6.20. The molecule has 0 N–H and O–H groups in total. The van der Waals surface area contributed by atoms with E-state index in [1.165, 1.54) is 42.3 Å². The van der Waals surface area contributed by atoms with E-state index in [1.807, 2.05) is 26.0 Å². The van der Waals surface area contributed by atoms with E-state index >= 15 is 0 Å². The standard InChI is InChI=1S/C20H19FN2O3S2/c1-12-8-16-17(9-13(12)2)28-20(23(16)10-19(25)26-3)22-18(24)11-27-15-6-4-14(21)5-7-15/h4-9H,10-11H2,1-3H3. The van der Waals surface area contributed by atoms with E-state index in [9.17, 15) is 14.0 Å². The number of rotatable bonds is 5. The lowest BCUT2D eigenvalue weighted by Crippen LogP contribution is -2.22. The fourth-order valence-electron chi connectivity index (χ4n) is 2.57. The van der Waals surface area contributed by atoms with Crippen molar-refractivity contribution in [2.24, 2.45) is 4.99 Å². The van der Waals surface area contributed by atoms with E-state index in [1.54, 1.807) is 16.7 Å². The highest BCUT2D eigenvalue weighted by Crippen LogP contribution is 2.22. The molecule has 0 spiro atoms. The second kappa shape index (κ2) is 8.70. The number of hydrogen-bond donors (Lipinski definition) is 0. The number of methoxy groups -OCH3 is 1. The summed E-state index contributed by atoms with van der Waals surface area (Å²) in [4.78, 5) is 29.7. The molecule has 0 radical (unpaired) electrons. The quantitative estimate of drug-likeness (QED) is 0.466. The maximum Gasteiger partial charge on any atom is 0.325 e. The molecule has 0 bridgehead atoms. The molecule has 2 aromatic carbocycles. The molecule has 0 fully saturated rings. The summed E-state index contributed by atoms with van der Waals surface area (Å²) in [6.07, 6.45) is 0. The molecule has 5 nitrogen and oxygen atoms in total. The number of ether oxygens (including phenoxy) is 1. The molecule has 0 aliphatic rings. The molecule has 0 saturated heterocycles. The maximum atomic E-state index is 13.0. The molecular weight excluding hydrogens is 399 g/mol. The summed E-state index contributed by atoms with van der Waals surface area (Å²) >= 11 is 2.65. The van der Waals surface area contributed by atoms with Crippen molar-refractivity contribution in [3.8, 4) is 0 Å². The smallest absolute Gasteiger partial charge is 0.325 e. The number of carbonyl (C=O) groups excluding carboxylic acids is 2. The van der Waals surface area contributed by atoms with Crippen LogP contribution in [0.2, 0.25) is 0 Å². The zero-order valence-corrected chi connectivity index (χ0v) is 17.3. The Labute approximate surface area is 169 Å². The average molecular weight is 419 g/mol. The van der Waals surface area contributed by atoms with Crippen molar-refractivity contribution in [1.29, 1.82) is 0 Å². The van der Waals surface area contributed by atoms with Crippen molar-refractivity contribution in [2.75, 3.05) is 12.9 Å². The van der Waals surface area contributed by atoms with Crippen LogP contribution < -0.4 is 4.80 Å². The first-order valence-corrected chi connectivity index (χ1v) is 10.3. The Kier molecular flexibility index (Phi) is 6.31. The molecule has 0 saturated carbocycles. The molecule has 1 heterocycles. The van der Waals surface area contributed by atoms with Crippen molar-refractivity contribution in [1.82, 2.24) is 4.57 Å². The lowest BCUT2D eigenvalue weighted by Gasteiger charge is -2.05. The van der Waals surface area contributed by atoms with Gasteiger partial charge in [0.25, 0.3) is 5.91 Å². The lowest BCUT2D eigenvalue weighted by molar-refractivity contribution is -0.141. The van der Waals surface area contributed by atoms with Gasteiger partial charge in [-0.2, -0.15) is 4.99 Å². The Morgan fingerprint density at radius 3 is 2.54 bits per heavy atom. The van der Waals surface area contributed by atoms with Gasteiger partial charge in [-0.3, -0.25) is 9.59 Å². The number of halogens is 1. The molecule has 0 atom stereocenters. The van der Waals surface area contributed by atoms with Gasteiger partial charge in [-0.25, -0.2) is 4.39 Å². The van der Waals surface area contributed by atoms with Crippen LogP contribution in [0.3, 0.4) is 0 Å². The first-order valence-electron chi connectivity index (χ1n) is 8.50. The number of fused-ring (bicyclic) bond motifs is 1. The van der Waals surface area contributed by atoms with E-state index < -0.39 is 5.97 Å². The minimum Gasteiger partial charge on any atom is -0.468 e. The highest BCUT2D eigenvalue weighted by Gasteiger charge is 2.13. The van der Waals surface area contributed by atoms with Crippen LogP contribution in [0.15, 0.2) is 46.3 Å². The van der Waals surface area contributed by atoms with Gasteiger partial charge >= 0.3 is 5.97 Å². The zero-order chi connectivity index (χ0) is 20.3. The molecule has 1 amide bonds. The Bertz CT molecular complexity index is 1100. The summed E-state index contributed by atoms with van der Waals surface area (Å²) < 4.78 is 20.4. The number of amides is 1. The van der Waals surface area contributed by atoms with Gasteiger partial charge in [0, 0.05) is 4.90 Å². The van der Waals surface area contributed by atoms with Crippen LogP contribution in [0.4, 0.5) is 4.39 Å². The summed E-state index contributed by atoms with van der Waals surface area (Å²) in [5, 5.41) is 0. The number of thiazole rings is 1. The molecule has 3 aromatic rings. The molecule has 28 heavy (non-hydrogen) atoms. The Balaban J connectivity index is 1.92. The van der Waals surface area contributed by atoms with E-state index in [-0.39, 0.29) is 24.0 Å². The topological polar surface area (TPSA) is 60.7 Å². The van der Waals surface area contributed by atoms with Crippen molar-refractivity contribution in [3.63, 3.8) is 0 Å². The summed E-state index contributed by atoms with van der Waals surface area (Å²) in [5.74, 6) is -0.934. The van der Waals surface area contributed by atoms with Crippen molar-refractivity contribution >= 4 is 45.2 Å². The number of aromatic nitrogens is 1.